The molecule has 3 rings (SSSR count). The second-order valence-corrected chi connectivity index (χ2v) is 5.93. The van der Waals surface area contributed by atoms with Crippen LogP contribution in [0, 0.1) is 0 Å². The Bertz CT molecular complexity index is 643. The van der Waals surface area contributed by atoms with Gasteiger partial charge in [-0.3, -0.25) is 4.57 Å². The molecule has 7 heteroatoms. The second-order valence-electron chi connectivity index (χ2n) is 4.99. The molecule has 2 aromatic heterocycles. The Kier molecular flexibility index (Phi) is 3.95. The Hall–Kier alpha value is -1.50. The monoisotopic (exact) mass is 294 g/mol. The van der Waals surface area contributed by atoms with Gasteiger partial charge in [0.2, 0.25) is 0 Å². The van der Waals surface area contributed by atoms with Gasteiger partial charge >= 0.3 is 5.69 Å². The minimum Gasteiger partial charge on any atom is -0.361 e. The lowest BCUT2D eigenvalue weighted by Gasteiger charge is -2.09. The zero-order chi connectivity index (χ0) is 13.9. The van der Waals surface area contributed by atoms with Crippen LogP contribution < -0.4 is 5.69 Å². The predicted molar refractivity (Wildman–Crippen MR) is 75.8 cm³/mol. The Labute approximate surface area is 120 Å². The van der Waals surface area contributed by atoms with Crippen LogP contribution in [0.5, 0.6) is 0 Å². The number of hydrogen-bond donors (Lipinski definition) is 1. The molecule has 0 saturated carbocycles. The highest BCUT2D eigenvalue weighted by Crippen LogP contribution is 2.28. The Morgan fingerprint density at radius 2 is 2.25 bits per heavy atom. The van der Waals surface area contributed by atoms with Gasteiger partial charge < -0.3 is 4.52 Å². The number of aromatic nitrogens is 4. The van der Waals surface area contributed by atoms with Crippen LogP contribution >= 0.6 is 11.8 Å². The van der Waals surface area contributed by atoms with Crippen molar-refractivity contribution in [3.05, 3.63) is 27.5 Å². The summed E-state index contributed by atoms with van der Waals surface area (Å²) in [5.74, 6) is 1.74. The number of aryl methyl sites for hydroxylation is 1. The highest BCUT2D eigenvalue weighted by atomic mass is 32.2. The molecular weight excluding hydrogens is 276 g/mol. The van der Waals surface area contributed by atoms with Crippen LogP contribution in [-0.4, -0.2) is 19.9 Å². The molecule has 0 unspecified atom stereocenters. The van der Waals surface area contributed by atoms with Gasteiger partial charge in [-0.1, -0.05) is 23.8 Å². The molecule has 1 aliphatic rings. The second kappa shape index (κ2) is 5.87. The van der Waals surface area contributed by atoms with Crippen molar-refractivity contribution in [3.8, 4) is 0 Å². The van der Waals surface area contributed by atoms with Crippen molar-refractivity contribution < 1.29 is 4.52 Å². The molecule has 0 fully saturated rings. The topological polar surface area (TPSA) is 76.7 Å². The van der Waals surface area contributed by atoms with E-state index >= 15 is 0 Å². The number of thioether (sulfide) groups is 1. The Morgan fingerprint density at radius 3 is 3.10 bits per heavy atom. The van der Waals surface area contributed by atoms with Gasteiger partial charge in [-0.05, 0) is 25.7 Å². The lowest BCUT2D eigenvalue weighted by atomic mass is 9.97. The van der Waals surface area contributed by atoms with Crippen LogP contribution in [-0.2, 0) is 25.1 Å². The summed E-state index contributed by atoms with van der Waals surface area (Å²) in [5, 5.41) is 11.5. The number of fused-ring (bicyclic) bond motifs is 1. The minimum atomic E-state index is -0.142. The van der Waals surface area contributed by atoms with E-state index in [1.807, 2.05) is 6.92 Å². The van der Waals surface area contributed by atoms with E-state index in [2.05, 4.69) is 15.4 Å². The van der Waals surface area contributed by atoms with Gasteiger partial charge in [0, 0.05) is 24.3 Å². The number of H-pyrrole nitrogens is 1. The molecule has 0 radical (unpaired) electrons. The van der Waals surface area contributed by atoms with E-state index in [1.165, 1.54) is 30.2 Å². The largest absolute Gasteiger partial charge is 0.361 e. The predicted octanol–water partition coefficient (Wildman–Crippen LogP) is 2.14. The third-order valence-corrected chi connectivity index (χ3v) is 4.53. The molecule has 20 heavy (non-hydrogen) atoms. The van der Waals surface area contributed by atoms with E-state index in [9.17, 15) is 4.79 Å². The van der Waals surface area contributed by atoms with Gasteiger partial charge in [-0.2, -0.15) is 0 Å². The first-order valence-corrected chi connectivity index (χ1v) is 8.02. The molecule has 0 aromatic carbocycles. The molecule has 0 aliphatic heterocycles. The fraction of sp³-hybridized carbons (Fsp3) is 0.615. The number of aromatic amines is 1. The first kappa shape index (κ1) is 13.5. The van der Waals surface area contributed by atoms with Crippen molar-refractivity contribution in [1.82, 2.24) is 19.9 Å². The summed E-state index contributed by atoms with van der Waals surface area (Å²) in [5.41, 5.74) is 2.13. The van der Waals surface area contributed by atoms with E-state index in [0.717, 1.165) is 35.9 Å². The number of nitrogens with one attached hydrogen (secondary N) is 1. The van der Waals surface area contributed by atoms with Crippen LogP contribution in [0.2, 0.25) is 0 Å². The molecule has 2 heterocycles. The average Bonchev–Trinajstić information content (AvgIpc) is 3.03. The summed E-state index contributed by atoms with van der Waals surface area (Å²) in [6, 6.07) is 0. The maximum atomic E-state index is 11.6. The standard InChI is InChI=1S/C13H18N4O2S/c1-2-7-17-12(18)14-15-13(17)20-8-10-9-5-3-4-6-11(9)19-16-10/h2-8H2,1H3,(H,14,18). The molecule has 0 atom stereocenters. The van der Waals surface area contributed by atoms with E-state index in [4.69, 9.17) is 4.52 Å². The van der Waals surface area contributed by atoms with Gasteiger partial charge in [0.05, 0.1) is 5.69 Å². The van der Waals surface area contributed by atoms with Crippen molar-refractivity contribution in [1.29, 1.82) is 0 Å². The summed E-state index contributed by atoms with van der Waals surface area (Å²) in [7, 11) is 0. The molecule has 0 amide bonds. The van der Waals surface area contributed by atoms with Gasteiger partial charge in [-0.25, -0.2) is 9.89 Å². The fourth-order valence-corrected chi connectivity index (χ4v) is 3.46. The van der Waals surface area contributed by atoms with Crippen molar-refractivity contribution in [3.63, 3.8) is 0 Å². The number of rotatable bonds is 5. The van der Waals surface area contributed by atoms with Crippen molar-refractivity contribution in [2.24, 2.45) is 0 Å². The molecule has 0 spiro atoms. The average molecular weight is 294 g/mol. The SMILES string of the molecule is CCCn1c(SCc2noc3c2CCCC3)n[nH]c1=O. The Balaban J connectivity index is 1.74. The maximum absolute atomic E-state index is 11.6. The smallest absolute Gasteiger partial charge is 0.343 e. The van der Waals surface area contributed by atoms with Gasteiger partial charge in [0.15, 0.2) is 5.16 Å². The number of hydrogen-bond acceptors (Lipinski definition) is 5. The van der Waals surface area contributed by atoms with Crippen molar-refractivity contribution in [2.45, 2.75) is 56.5 Å². The third-order valence-electron chi connectivity index (χ3n) is 3.54. The van der Waals surface area contributed by atoms with Crippen LogP contribution in [0.4, 0.5) is 0 Å². The normalized spacial score (nSPS) is 14.4. The lowest BCUT2D eigenvalue weighted by Crippen LogP contribution is -2.17. The first-order chi connectivity index (χ1) is 9.79. The molecule has 2 aromatic rings. The molecule has 108 valence electrons. The van der Waals surface area contributed by atoms with Crippen molar-refractivity contribution >= 4 is 11.8 Å². The quantitative estimate of drug-likeness (QED) is 0.855. The van der Waals surface area contributed by atoms with Crippen LogP contribution in [0.25, 0.3) is 0 Å². The van der Waals surface area contributed by atoms with Gasteiger partial charge in [-0.15, -0.1) is 5.10 Å². The zero-order valence-corrected chi connectivity index (χ0v) is 12.3. The molecule has 0 saturated heterocycles. The summed E-state index contributed by atoms with van der Waals surface area (Å²) in [4.78, 5) is 11.6. The first-order valence-electron chi connectivity index (χ1n) is 7.04. The molecule has 0 bridgehead atoms. The van der Waals surface area contributed by atoms with Gasteiger partial charge in [0.25, 0.3) is 0 Å². The van der Waals surface area contributed by atoms with Crippen LogP contribution in [0.3, 0.4) is 0 Å². The highest BCUT2D eigenvalue weighted by Gasteiger charge is 2.20. The van der Waals surface area contributed by atoms with Crippen molar-refractivity contribution in [2.75, 3.05) is 0 Å². The van der Waals surface area contributed by atoms with E-state index in [0.29, 0.717) is 12.3 Å². The maximum Gasteiger partial charge on any atom is 0.343 e. The molecule has 1 N–H and O–H groups in total. The molecule has 6 nitrogen and oxygen atoms in total. The summed E-state index contributed by atoms with van der Waals surface area (Å²) >= 11 is 1.54. The summed E-state index contributed by atoms with van der Waals surface area (Å²) in [6.45, 7) is 2.73. The Morgan fingerprint density at radius 1 is 1.40 bits per heavy atom. The fourth-order valence-electron chi connectivity index (χ4n) is 2.53. The van der Waals surface area contributed by atoms with Crippen LogP contribution in [0.15, 0.2) is 14.5 Å². The lowest BCUT2D eigenvalue weighted by molar-refractivity contribution is 0.369. The zero-order valence-electron chi connectivity index (χ0n) is 11.5. The summed E-state index contributed by atoms with van der Waals surface area (Å²) in [6.07, 6.45) is 5.35. The minimum absolute atomic E-state index is 0.142. The number of nitrogens with zero attached hydrogens (tertiary/aromatic N) is 3. The van der Waals surface area contributed by atoms with E-state index in [1.54, 1.807) is 4.57 Å². The summed E-state index contributed by atoms with van der Waals surface area (Å²) < 4.78 is 7.08. The van der Waals surface area contributed by atoms with E-state index in [-0.39, 0.29) is 5.69 Å². The highest BCUT2D eigenvalue weighted by molar-refractivity contribution is 7.98. The van der Waals surface area contributed by atoms with Crippen LogP contribution in [0.1, 0.15) is 43.2 Å². The molecule has 1 aliphatic carbocycles. The third kappa shape index (κ3) is 2.54. The molecular formula is C13H18N4O2S. The van der Waals surface area contributed by atoms with E-state index < -0.39 is 0 Å². The van der Waals surface area contributed by atoms with Gasteiger partial charge in [0.1, 0.15) is 5.76 Å².